The van der Waals surface area contributed by atoms with Crippen LogP contribution in [-0.4, -0.2) is 5.87 Å². The van der Waals surface area contributed by atoms with Crippen molar-refractivity contribution in [3.8, 4) is 0 Å². The molecular weight excluding hydrogens is 187 g/mol. The van der Waals surface area contributed by atoms with E-state index in [9.17, 15) is 4.21 Å². The number of benzene rings is 1. The summed E-state index contributed by atoms with van der Waals surface area (Å²) in [5.74, 6) is 3.50. The highest BCUT2D eigenvalue weighted by molar-refractivity contribution is 7.82. The third-order valence-corrected chi connectivity index (χ3v) is 3.36. The molecule has 0 saturated carbocycles. The molecule has 0 aliphatic carbocycles. The molecule has 0 aromatic heterocycles. The smallest absolute Gasteiger partial charge is 0.0288 e. The molecule has 0 amide bonds. The lowest BCUT2D eigenvalue weighted by Crippen LogP contribution is -2.00. The lowest BCUT2D eigenvalue weighted by atomic mass is 10.2. The molecule has 1 nitrogen and oxygen atoms in total. The lowest BCUT2D eigenvalue weighted by Gasteiger charge is -2.11. The second-order valence-electron chi connectivity index (χ2n) is 2.82. The summed E-state index contributed by atoms with van der Waals surface area (Å²) >= 11 is 0. The Kier molecular flexibility index (Phi) is 2.92. The molecule has 3 heteroatoms. The van der Waals surface area contributed by atoms with E-state index >= 15 is 0 Å². The van der Waals surface area contributed by atoms with E-state index in [-0.39, 0.29) is 0 Å². The van der Waals surface area contributed by atoms with Crippen molar-refractivity contribution in [2.45, 2.75) is 18.7 Å². The summed E-state index contributed by atoms with van der Waals surface area (Å²) < 4.78 is 11.1. The average molecular weight is 199 g/mol. The van der Waals surface area contributed by atoms with Crippen molar-refractivity contribution < 1.29 is 4.21 Å². The first-order chi connectivity index (χ1) is 5.52. The maximum atomic E-state index is 11.1. The van der Waals surface area contributed by atoms with E-state index in [0.29, 0.717) is 0 Å². The van der Waals surface area contributed by atoms with Gasteiger partial charge in [0.25, 0.3) is 0 Å². The Hall–Kier alpha value is -0.330. The summed E-state index contributed by atoms with van der Waals surface area (Å²) in [6.45, 7) is 3.99. The van der Waals surface area contributed by atoms with Gasteiger partial charge in [-0.2, -0.15) is 5.87 Å². The Morgan fingerprint density at radius 3 is 2.42 bits per heavy atom. The third kappa shape index (κ3) is 1.88. The lowest BCUT2D eigenvalue weighted by molar-refractivity contribution is 0.603. The Bertz CT molecular complexity index is 372. The minimum absolute atomic E-state index is 0.825. The van der Waals surface area contributed by atoms with Crippen LogP contribution in [0.1, 0.15) is 11.1 Å². The van der Waals surface area contributed by atoms with Gasteiger partial charge in [0.15, 0.2) is 0 Å². The van der Waals surface area contributed by atoms with Gasteiger partial charge in [-0.15, -0.1) is 14.1 Å². The molecular formula is C9H12OPS-. The van der Waals surface area contributed by atoms with Crippen LogP contribution in [0, 0.1) is 13.8 Å². The molecule has 1 atom stereocenters. The standard InChI is InChI=1S/C9H12OPS/c1-6-4-7(2)9(12(3)10)5-8(6)11/h4-5H,3,11H2,1-2H3/q-1. The molecule has 1 aromatic rings. The number of hydrogen-bond donors (Lipinski definition) is 0. The first kappa shape index (κ1) is 9.76. The van der Waals surface area contributed by atoms with Crippen LogP contribution in [0.4, 0.5) is 0 Å². The van der Waals surface area contributed by atoms with Crippen LogP contribution in [0.25, 0.3) is 0 Å². The Balaban J connectivity index is 3.43. The largest absolute Gasteiger partial charge is 0.457 e. The van der Waals surface area contributed by atoms with Gasteiger partial charge in [-0.05, 0) is 24.7 Å². The molecule has 0 radical (unpaired) electrons. The van der Waals surface area contributed by atoms with Crippen LogP contribution in [0.5, 0.6) is 0 Å². The first-order valence-corrected chi connectivity index (χ1v) is 5.50. The minimum Gasteiger partial charge on any atom is -0.457 e. The van der Waals surface area contributed by atoms with Crippen LogP contribution in [-0.2, 0) is 14.6 Å². The number of rotatable bonds is 1. The van der Waals surface area contributed by atoms with E-state index in [1.54, 1.807) is 0 Å². The second kappa shape index (κ2) is 3.59. The van der Waals surface area contributed by atoms with Gasteiger partial charge >= 0.3 is 0 Å². The fourth-order valence-electron chi connectivity index (χ4n) is 1.09. The van der Waals surface area contributed by atoms with Crippen LogP contribution in [0.15, 0.2) is 17.0 Å². The molecule has 1 aromatic carbocycles. The van der Waals surface area contributed by atoms with Gasteiger partial charge < -0.3 is 4.21 Å². The van der Waals surface area contributed by atoms with Crippen LogP contribution < -0.4 is 5.30 Å². The highest BCUT2D eigenvalue weighted by Crippen LogP contribution is 2.11. The van der Waals surface area contributed by atoms with Crippen molar-refractivity contribution in [1.29, 1.82) is 0 Å². The Labute approximate surface area is 77.4 Å². The summed E-state index contributed by atoms with van der Waals surface area (Å²) in [5.41, 5.74) is 2.25. The van der Waals surface area contributed by atoms with E-state index in [2.05, 4.69) is 15.1 Å². The Morgan fingerprint density at radius 2 is 1.92 bits per heavy atom. The van der Waals surface area contributed by atoms with E-state index in [1.165, 1.54) is 5.56 Å². The average Bonchev–Trinajstić information content (AvgIpc) is 1.96. The molecule has 0 N–H and O–H groups in total. The van der Waals surface area contributed by atoms with Gasteiger partial charge in [-0.1, -0.05) is 17.7 Å². The van der Waals surface area contributed by atoms with Gasteiger partial charge in [0.2, 0.25) is 0 Å². The molecule has 1 rings (SSSR count). The monoisotopic (exact) mass is 199 g/mol. The highest BCUT2D eigenvalue weighted by atomic mass is 32.2. The van der Waals surface area contributed by atoms with Crippen LogP contribution in [0.3, 0.4) is 0 Å². The van der Waals surface area contributed by atoms with Gasteiger partial charge in [0.05, 0.1) is 0 Å². The van der Waals surface area contributed by atoms with Crippen LogP contribution in [0.2, 0.25) is 0 Å². The molecule has 12 heavy (non-hydrogen) atoms. The predicted molar refractivity (Wildman–Crippen MR) is 58.7 cm³/mol. The molecule has 0 heterocycles. The molecule has 0 aliphatic heterocycles. The summed E-state index contributed by atoms with van der Waals surface area (Å²) in [6.07, 6.45) is 0. The first-order valence-electron chi connectivity index (χ1n) is 3.60. The van der Waals surface area contributed by atoms with Crippen molar-refractivity contribution in [2.24, 2.45) is 0 Å². The molecule has 0 fully saturated rings. The molecule has 0 spiro atoms. The van der Waals surface area contributed by atoms with Crippen molar-refractivity contribution >= 4 is 30.8 Å². The van der Waals surface area contributed by atoms with Gasteiger partial charge in [0.1, 0.15) is 0 Å². The van der Waals surface area contributed by atoms with E-state index in [4.69, 9.17) is 0 Å². The topological polar surface area (TPSA) is 17.1 Å². The summed E-state index contributed by atoms with van der Waals surface area (Å²) in [5, 5.41) is 1.09. The zero-order chi connectivity index (χ0) is 9.30. The van der Waals surface area contributed by atoms with Crippen molar-refractivity contribution in [3.05, 3.63) is 23.3 Å². The fraction of sp³-hybridized carbons (Fsp3) is 0.222. The van der Waals surface area contributed by atoms with Gasteiger partial charge in [0, 0.05) is 0 Å². The van der Waals surface area contributed by atoms with Crippen molar-refractivity contribution in [2.75, 3.05) is 0 Å². The zero-order valence-electron chi connectivity index (χ0n) is 7.26. The van der Waals surface area contributed by atoms with Crippen molar-refractivity contribution in [1.82, 2.24) is 0 Å². The van der Waals surface area contributed by atoms with Crippen LogP contribution >= 0.6 is 9.24 Å². The maximum absolute atomic E-state index is 11.1. The molecule has 0 saturated heterocycles. The Morgan fingerprint density at radius 1 is 1.33 bits per heavy atom. The quantitative estimate of drug-likeness (QED) is 0.381. The second-order valence-corrected chi connectivity index (χ2v) is 4.57. The highest BCUT2D eigenvalue weighted by Gasteiger charge is 1.94. The fourth-order valence-corrected chi connectivity index (χ4v) is 2.14. The summed E-state index contributed by atoms with van der Waals surface area (Å²) in [4.78, 5) is 0.825. The molecule has 0 aliphatic rings. The van der Waals surface area contributed by atoms with Gasteiger partial charge in [-0.25, -0.2) is 10.4 Å². The van der Waals surface area contributed by atoms with E-state index in [1.807, 2.05) is 26.0 Å². The molecule has 0 bridgehead atoms. The zero-order valence-corrected chi connectivity index (χ0v) is 9.23. The van der Waals surface area contributed by atoms with E-state index < -0.39 is 10.4 Å². The summed E-state index contributed by atoms with van der Waals surface area (Å²) in [6, 6.07) is 3.94. The normalized spacial score (nSPS) is 10.7. The van der Waals surface area contributed by atoms with Gasteiger partial charge in [-0.3, -0.25) is 0 Å². The molecule has 66 valence electrons. The van der Waals surface area contributed by atoms with Crippen molar-refractivity contribution in [3.63, 3.8) is 0 Å². The molecule has 1 unspecified atom stereocenters. The third-order valence-electron chi connectivity index (χ3n) is 1.81. The van der Waals surface area contributed by atoms with E-state index in [0.717, 1.165) is 15.8 Å². The number of hydrogen-bond acceptors (Lipinski definition) is 2. The maximum Gasteiger partial charge on any atom is -0.0288 e. The predicted octanol–water partition coefficient (Wildman–Crippen LogP) is 1.56. The minimum atomic E-state index is -1.12. The SMILES string of the molecule is C=[S-](=O)c1cc(P)c(C)cc1C. The number of aryl methyl sites for hydroxylation is 2. The summed E-state index contributed by atoms with van der Waals surface area (Å²) in [7, 11) is 1.50.